The van der Waals surface area contributed by atoms with Gasteiger partial charge in [0, 0.05) is 32.1 Å². The summed E-state index contributed by atoms with van der Waals surface area (Å²) in [4.78, 5) is 10.4. The van der Waals surface area contributed by atoms with Gasteiger partial charge in [0.05, 0.1) is 5.56 Å². The largest absolute Gasteiger partial charge is 0.360 e. The van der Waals surface area contributed by atoms with Crippen LogP contribution in [0.4, 0.5) is 10.2 Å². The number of hydrogen-bond acceptors (Lipinski definition) is 4. The molecule has 1 aliphatic rings. The number of nitrogens with zero attached hydrogens (tertiary/aromatic N) is 5. The second-order valence-electron chi connectivity index (χ2n) is 6.73. The van der Waals surface area contributed by atoms with E-state index in [0.29, 0.717) is 11.2 Å². The van der Waals surface area contributed by atoms with E-state index < -0.39 is 5.95 Å². The summed E-state index contributed by atoms with van der Waals surface area (Å²) >= 11 is 0. The van der Waals surface area contributed by atoms with Gasteiger partial charge in [-0.2, -0.15) is 14.0 Å². The molecule has 28 heavy (non-hydrogen) atoms. The Kier molecular flexibility index (Phi) is 5.02. The van der Waals surface area contributed by atoms with Gasteiger partial charge in [-0.25, -0.2) is 9.97 Å². The molecule has 0 bridgehead atoms. The minimum Gasteiger partial charge on any atom is -0.360 e. The monoisotopic (exact) mass is 375 g/mol. The van der Waals surface area contributed by atoms with Gasteiger partial charge in [0.25, 0.3) is 0 Å². The highest BCUT2D eigenvalue weighted by Gasteiger charge is 2.21. The second kappa shape index (κ2) is 7.76. The summed E-state index contributed by atoms with van der Waals surface area (Å²) in [7, 11) is 2.04. The van der Waals surface area contributed by atoms with Crippen LogP contribution in [-0.2, 0) is 0 Å². The van der Waals surface area contributed by atoms with Gasteiger partial charge >= 0.3 is 0 Å². The van der Waals surface area contributed by atoms with Crippen molar-refractivity contribution in [2.24, 2.45) is 0 Å². The van der Waals surface area contributed by atoms with Crippen LogP contribution >= 0.6 is 0 Å². The van der Waals surface area contributed by atoms with E-state index >= 15 is 0 Å². The van der Waals surface area contributed by atoms with Crippen molar-refractivity contribution in [1.82, 2.24) is 19.6 Å². The third-order valence-electron chi connectivity index (χ3n) is 4.73. The van der Waals surface area contributed by atoms with Crippen molar-refractivity contribution in [3.63, 3.8) is 0 Å². The molecule has 0 atom stereocenters. The number of anilines is 1. The van der Waals surface area contributed by atoms with Crippen molar-refractivity contribution in [2.45, 2.75) is 19.8 Å². The van der Waals surface area contributed by atoms with Crippen LogP contribution in [0.15, 0.2) is 61.0 Å². The Morgan fingerprint density at radius 2 is 2.04 bits per heavy atom. The summed E-state index contributed by atoms with van der Waals surface area (Å²) in [6.07, 6.45) is 15.4. The molecule has 0 N–H and O–H groups in total. The molecule has 0 fully saturated rings. The summed E-state index contributed by atoms with van der Waals surface area (Å²) in [5.74, 6) is 0.430. The lowest BCUT2D eigenvalue weighted by molar-refractivity contribution is 0.584. The Morgan fingerprint density at radius 3 is 2.86 bits per heavy atom. The zero-order chi connectivity index (χ0) is 19.5. The van der Waals surface area contributed by atoms with E-state index in [9.17, 15) is 4.39 Å². The molecule has 5 nitrogen and oxygen atoms in total. The number of pyridine rings is 1. The van der Waals surface area contributed by atoms with E-state index in [1.165, 1.54) is 12.3 Å². The standard InChI is InChI=1S/C22H22FN5/c1-3-14-27(2)19-11-13-25-22-20(17-10-12-24-18(23)15-17)21(26-28(19)22)16-8-6-4-5-7-9-16/h4-6,8-13,15H,3,7,14H2,1-2H3. The van der Waals surface area contributed by atoms with E-state index in [0.717, 1.165) is 42.0 Å². The summed E-state index contributed by atoms with van der Waals surface area (Å²) in [5, 5.41) is 4.91. The van der Waals surface area contributed by atoms with Gasteiger partial charge in [0.15, 0.2) is 5.65 Å². The summed E-state index contributed by atoms with van der Waals surface area (Å²) in [5.41, 5.74) is 4.01. The molecule has 6 heteroatoms. The highest BCUT2D eigenvalue weighted by molar-refractivity contribution is 5.91. The first-order valence-corrected chi connectivity index (χ1v) is 9.43. The molecule has 0 radical (unpaired) electrons. The average molecular weight is 375 g/mol. The van der Waals surface area contributed by atoms with Crippen LogP contribution in [0.2, 0.25) is 0 Å². The zero-order valence-electron chi connectivity index (χ0n) is 16.0. The first kappa shape index (κ1) is 18.1. The third kappa shape index (κ3) is 3.33. The quantitative estimate of drug-likeness (QED) is 0.608. The van der Waals surface area contributed by atoms with E-state index in [-0.39, 0.29) is 0 Å². The Morgan fingerprint density at radius 1 is 1.18 bits per heavy atom. The van der Waals surface area contributed by atoms with Crippen LogP contribution < -0.4 is 4.90 Å². The molecule has 4 rings (SSSR count). The van der Waals surface area contributed by atoms with Gasteiger partial charge in [0.2, 0.25) is 5.95 Å². The number of fused-ring (bicyclic) bond motifs is 1. The van der Waals surface area contributed by atoms with Crippen molar-refractivity contribution in [1.29, 1.82) is 0 Å². The summed E-state index contributed by atoms with van der Waals surface area (Å²) in [6, 6.07) is 5.19. The van der Waals surface area contributed by atoms with Gasteiger partial charge in [0.1, 0.15) is 11.5 Å². The van der Waals surface area contributed by atoms with Crippen LogP contribution in [-0.4, -0.2) is 33.2 Å². The lowest BCUT2D eigenvalue weighted by atomic mass is 10.0. The molecule has 0 amide bonds. The van der Waals surface area contributed by atoms with Crippen molar-refractivity contribution < 1.29 is 4.39 Å². The van der Waals surface area contributed by atoms with Crippen LogP contribution in [0.25, 0.3) is 22.3 Å². The molecule has 3 aromatic heterocycles. The van der Waals surface area contributed by atoms with Crippen molar-refractivity contribution in [3.8, 4) is 11.1 Å². The van der Waals surface area contributed by atoms with Gasteiger partial charge < -0.3 is 4.90 Å². The van der Waals surface area contributed by atoms with Crippen LogP contribution in [0.3, 0.4) is 0 Å². The maximum absolute atomic E-state index is 13.9. The molecule has 3 heterocycles. The maximum Gasteiger partial charge on any atom is 0.213 e. The van der Waals surface area contributed by atoms with Gasteiger partial charge in [-0.1, -0.05) is 37.3 Å². The molecular formula is C22H22FN5. The lowest BCUT2D eigenvalue weighted by Crippen LogP contribution is -2.21. The molecule has 0 aliphatic heterocycles. The third-order valence-corrected chi connectivity index (χ3v) is 4.73. The molecule has 142 valence electrons. The SMILES string of the molecule is CCCN(C)c1ccnc2c(-c3ccnc(F)c3)c(C3=CCC=CC=C3)nn12. The van der Waals surface area contributed by atoms with Crippen molar-refractivity contribution in [2.75, 3.05) is 18.5 Å². The van der Waals surface area contributed by atoms with E-state index in [1.54, 1.807) is 12.3 Å². The topological polar surface area (TPSA) is 46.3 Å². The Bertz CT molecular complexity index is 1090. The highest BCUT2D eigenvalue weighted by atomic mass is 19.1. The van der Waals surface area contributed by atoms with Crippen LogP contribution in [0.5, 0.6) is 0 Å². The van der Waals surface area contributed by atoms with Crippen molar-refractivity contribution >= 4 is 17.0 Å². The van der Waals surface area contributed by atoms with E-state index in [1.807, 2.05) is 35.9 Å². The fourth-order valence-corrected chi connectivity index (χ4v) is 3.45. The minimum absolute atomic E-state index is 0.519. The Balaban J connectivity index is 2.00. The van der Waals surface area contributed by atoms with Crippen LogP contribution in [0, 0.1) is 5.95 Å². The van der Waals surface area contributed by atoms with E-state index in [2.05, 4.69) is 33.9 Å². The number of aromatic nitrogens is 4. The molecule has 0 saturated carbocycles. The fourth-order valence-electron chi connectivity index (χ4n) is 3.45. The molecule has 1 aliphatic carbocycles. The summed E-state index contributed by atoms with van der Waals surface area (Å²) < 4.78 is 15.8. The Labute approximate surface area is 163 Å². The lowest BCUT2D eigenvalue weighted by Gasteiger charge is -2.18. The molecule has 0 unspecified atom stereocenters. The maximum atomic E-state index is 13.9. The number of halogens is 1. The fraction of sp³-hybridized carbons (Fsp3) is 0.227. The Hall–Kier alpha value is -3.28. The number of rotatable bonds is 5. The van der Waals surface area contributed by atoms with Crippen LogP contribution in [0.1, 0.15) is 25.5 Å². The molecule has 0 aromatic carbocycles. The highest BCUT2D eigenvalue weighted by Crippen LogP contribution is 2.34. The minimum atomic E-state index is -0.519. The molecular weight excluding hydrogens is 353 g/mol. The average Bonchev–Trinajstić information content (AvgIpc) is 2.88. The predicted molar refractivity (Wildman–Crippen MR) is 111 cm³/mol. The van der Waals surface area contributed by atoms with E-state index in [4.69, 9.17) is 5.10 Å². The molecule has 3 aromatic rings. The van der Waals surface area contributed by atoms with Gasteiger partial charge in [-0.15, -0.1) is 0 Å². The van der Waals surface area contributed by atoms with Gasteiger partial charge in [-0.3, -0.25) is 0 Å². The van der Waals surface area contributed by atoms with Crippen molar-refractivity contribution in [3.05, 3.63) is 72.6 Å². The first-order valence-electron chi connectivity index (χ1n) is 9.43. The predicted octanol–water partition coefficient (Wildman–Crippen LogP) is 4.68. The second-order valence-corrected chi connectivity index (χ2v) is 6.73. The number of allylic oxidation sites excluding steroid dienone is 6. The van der Waals surface area contributed by atoms with Gasteiger partial charge in [-0.05, 0) is 36.1 Å². The smallest absolute Gasteiger partial charge is 0.213 e. The summed E-state index contributed by atoms with van der Waals surface area (Å²) in [6.45, 7) is 3.04. The first-order chi connectivity index (χ1) is 13.7. The normalized spacial score (nSPS) is 13.6. The molecule has 0 saturated heterocycles. The molecule has 0 spiro atoms. The zero-order valence-corrected chi connectivity index (χ0v) is 16.0. The number of hydrogen-bond donors (Lipinski definition) is 0.